The molecule has 0 spiro atoms. The molecule has 2 heteroatoms. The summed E-state index contributed by atoms with van der Waals surface area (Å²) < 4.78 is 2.00. The molecule has 0 N–H and O–H groups in total. The summed E-state index contributed by atoms with van der Waals surface area (Å²) in [5.41, 5.74) is 1.29. The summed E-state index contributed by atoms with van der Waals surface area (Å²) in [6.07, 6.45) is 3.97. The second-order valence-corrected chi connectivity index (χ2v) is 3.18. The van der Waals surface area contributed by atoms with E-state index in [4.69, 9.17) is 0 Å². The summed E-state index contributed by atoms with van der Waals surface area (Å²) in [5.74, 6) is 0.699. The van der Waals surface area contributed by atoms with E-state index in [1.165, 1.54) is 5.69 Å². The van der Waals surface area contributed by atoms with Gasteiger partial charge in [0.2, 0.25) is 0 Å². The van der Waals surface area contributed by atoms with Crippen LogP contribution in [-0.4, -0.2) is 9.78 Å². The van der Waals surface area contributed by atoms with Crippen molar-refractivity contribution in [1.82, 2.24) is 9.78 Å². The molecule has 1 aromatic heterocycles. The quantitative estimate of drug-likeness (QED) is 0.645. The van der Waals surface area contributed by atoms with Crippen LogP contribution in [0.25, 0.3) is 0 Å². The van der Waals surface area contributed by atoms with E-state index >= 15 is 0 Å². The lowest BCUT2D eigenvalue weighted by molar-refractivity contribution is 0.562. The van der Waals surface area contributed by atoms with Crippen molar-refractivity contribution in [2.45, 2.75) is 33.7 Å². The minimum absolute atomic E-state index is 0.699. The maximum atomic E-state index is 4.08. The van der Waals surface area contributed by atoms with Gasteiger partial charge in [-0.05, 0) is 25.3 Å². The van der Waals surface area contributed by atoms with E-state index < -0.39 is 0 Å². The molecule has 2 nitrogen and oxygen atoms in total. The standard InChI is InChI=1S/C9H15N2/c1-4-11-9(5-6-10-11)7-8(2)3/h5,8H,4,7H2,1-3H3. The van der Waals surface area contributed by atoms with Crippen LogP contribution in [0.4, 0.5) is 0 Å². The molecule has 1 aromatic rings. The van der Waals surface area contributed by atoms with E-state index in [-0.39, 0.29) is 0 Å². The first-order chi connectivity index (χ1) is 5.24. The SMILES string of the molecule is CCn1n[c]cc1CC(C)C. The Bertz CT molecular complexity index is 213. The van der Waals surface area contributed by atoms with Gasteiger partial charge in [0, 0.05) is 12.2 Å². The van der Waals surface area contributed by atoms with Gasteiger partial charge in [-0.3, -0.25) is 4.68 Å². The normalized spacial score (nSPS) is 10.9. The van der Waals surface area contributed by atoms with Crippen molar-refractivity contribution in [3.05, 3.63) is 18.0 Å². The van der Waals surface area contributed by atoms with Gasteiger partial charge in [0.1, 0.15) is 6.20 Å². The molecule has 0 fully saturated rings. The Hall–Kier alpha value is -0.790. The molecule has 0 amide bonds. The third kappa shape index (κ3) is 2.07. The smallest absolute Gasteiger partial charge is 0.113 e. The van der Waals surface area contributed by atoms with Crippen molar-refractivity contribution in [3.8, 4) is 0 Å². The first-order valence-electron chi connectivity index (χ1n) is 4.16. The van der Waals surface area contributed by atoms with Gasteiger partial charge in [0.15, 0.2) is 0 Å². The number of nitrogens with zero attached hydrogens (tertiary/aromatic N) is 2. The molecule has 0 saturated carbocycles. The number of aromatic nitrogens is 2. The van der Waals surface area contributed by atoms with Crippen LogP contribution >= 0.6 is 0 Å². The number of rotatable bonds is 3. The van der Waals surface area contributed by atoms with Crippen LogP contribution in [0.15, 0.2) is 6.07 Å². The molecule has 1 radical (unpaired) electrons. The molecule has 0 saturated heterocycles. The first kappa shape index (κ1) is 8.31. The minimum Gasteiger partial charge on any atom is -0.269 e. The zero-order valence-electron chi connectivity index (χ0n) is 7.46. The van der Waals surface area contributed by atoms with Gasteiger partial charge >= 0.3 is 0 Å². The molecule has 0 bridgehead atoms. The molecular weight excluding hydrogens is 136 g/mol. The van der Waals surface area contributed by atoms with E-state index in [0.29, 0.717) is 5.92 Å². The van der Waals surface area contributed by atoms with Crippen molar-refractivity contribution in [1.29, 1.82) is 0 Å². The van der Waals surface area contributed by atoms with Gasteiger partial charge in [-0.1, -0.05) is 13.8 Å². The number of hydrogen-bond acceptors (Lipinski definition) is 1. The lowest BCUT2D eigenvalue weighted by Crippen LogP contribution is -2.05. The highest BCUT2D eigenvalue weighted by molar-refractivity contribution is 4.99. The second-order valence-electron chi connectivity index (χ2n) is 3.18. The fourth-order valence-corrected chi connectivity index (χ4v) is 1.17. The van der Waals surface area contributed by atoms with Gasteiger partial charge in [0.25, 0.3) is 0 Å². The molecular formula is C9H15N2. The van der Waals surface area contributed by atoms with Crippen molar-refractivity contribution >= 4 is 0 Å². The predicted octanol–water partition coefficient (Wildman–Crippen LogP) is 1.90. The largest absolute Gasteiger partial charge is 0.269 e. The highest BCUT2D eigenvalue weighted by Gasteiger charge is 2.02. The summed E-state index contributed by atoms with van der Waals surface area (Å²) in [6.45, 7) is 7.48. The zero-order chi connectivity index (χ0) is 8.27. The van der Waals surface area contributed by atoms with Crippen LogP contribution in [0.1, 0.15) is 26.5 Å². The Kier molecular flexibility index (Phi) is 2.69. The molecule has 61 valence electrons. The molecule has 1 rings (SSSR count). The van der Waals surface area contributed by atoms with Crippen molar-refractivity contribution in [3.63, 3.8) is 0 Å². The van der Waals surface area contributed by atoms with Crippen LogP contribution in [0.2, 0.25) is 0 Å². The van der Waals surface area contributed by atoms with E-state index in [0.717, 1.165) is 13.0 Å². The molecule has 11 heavy (non-hydrogen) atoms. The fraction of sp³-hybridized carbons (Fsp3) is 0.667. The molecule has 1 heterocycles. The molecule has 0 aromatic carbocycles. The van der Waals surface area contributed by atoms with Gasteiger partial charge < -0.3 is 0 Å². The van der Waals surface area contributed by atoms with Crippen LogP contribution in [-0.2, 0) is 13.0 Å². The highest BCUT2D eigenvalue weighted by atomic mass is 15.3. The Labute approximate surface area is 68.2 Å². The van der Waals surface area contributed by atoms with Gasteiger partial charge in [-0.15, -0.1) is 0 Å². The predicted molar refractivity (Wildman–Crippen MR) is 45.3 cm³/mol. The summed E-state index contributed by atoms with van der Waals surface area (Å²) in [6, 6.07) is 1.98. The average molecular weight is 151 g/mol. The molecule has 0 atom stereocenters. The zero-order valence-corrected chi connectivity index (χ0v) is 7.46. The number of aryl methyl sites for hydroxylation is 1. The van der Waals surface area contributed by atoms with Crippen molar-refractivity contribution in [2.75, 3.05) is 0 Å². The van der Waals surface area contributed by atoms with E-state index in [1.807, 2.05) is 10.7 Å². The first-order valence-corrected chi connectivity index (χ1v) is 4.16. The summed E-state index contributed by atoms with van der Waals surface area (Å²) in [7, 11) is 0. The topological polar surface area (TPSA) is 17.8 Å². The van der Waals surface area contributed by atoms with Crippen LogP contribution in [0, 0.1) is 12.1 Å². The summed E-state index contributed by atoms with van der Waals surface area (Å²) in [4.78, 5) is 0. The fourth-order valence-electron chi connectivity index (χ4n) is 1.17. The molecule has 0 aliphatic rings. The third-order valence-electron chi connectivity index (χ3n) is 1.66. The van der Waals surface area contributed by atoms with Gasteiger partial charge in [0.05, 0.1) is 0 Å². The van der Waals surface area contributed by atoms with E-state index in [1.54, 1.807) is 0 Å². The van der Waals surface area contributed by atoms with Crippen LogP contribution in [0.5, 0.6) is 0 Å². The monoisotopic (exact) mass is 151 g/mol. The highest BCUT2D eigenvalue weighted by Crippen LogP contribution is 2.06. The molecule has 0 aliphatic heterocycles. The van der Waals surface area contributed by atoms with Gasteiger partial charge in [-0.2, -0.15) is 5.10 Å². The summed E-state index contributed by atoms with van der Waals surface area (Å²) in [5, 5.41) is 4.08. The Morgan fingerprint density at radius 2 is 2.36 bits per heavy atom. The lowest BCUT2D eigenvalue weighted by atomic mass is 10.1. The second kappa shape index (κ2) is 3.56. The molecule has 0 aliphatic carbocycles. The Morgan fingerprint density at radius 3 is 2.91 bits per heavy atom. The summed E-state index contributed by atoms with van der Waals surface area (Å²) >= 11 is 0. The van der Waals surface area contributed by atoms with E-state index in [2.05, 4.69) is 32.1 Å². The third-order valence-corrected chi connectivity index (χ3v) is 1.66. The van der Waals surface area contributed by atoms with Crippen molar-refractivity contribution < 1.29 is 0 Å². The van der Waals surface area contributed by atoms with Gasteiger partial charge in [-0.25, -0.2) is 0 Å². The molecule has 0 unspecified atom stereocenters. The maximum Gasteiger partial charge on any atom is 0.113 e. The van der Waals surface area contributed by atoms with E-state index in [9.17, 15) is 0 Å². The maximum absolute atomic E-state index is 4.08. The Balaban J connectivity index is 2.68. The number of hydrogen-bond donors (Lipinski definition) is 0. The van der Waals surface area contributed by atoms with Crippen molar-refractivity contribution in [2.24, 2.45) is 5.92 Å². The van der Waals surface area contributed by atoms with Crippen LogP contribution < -0.4 is 0 Å². The average Bonchev–Trinajstić information content (AvgIpc) is 2.34. The minimum atomic E-state index is 0.699. The Morgan fingerprint density at radius 1 is 1.64 bits per heavy atom. The lowest BCUT2D eigenvalue weighted by Gasteiger charge is -2.06. The van der Waals surface area contributed by atoms with Crippen LogP contribution in [0.3, 0.4) is 0 Å².